The minimum Gasteiger partial charge on any atom is -0.381 e. The van der Waals surface area contributed by atoms with Crippen LogP contribution in [0.1, 0.15) is 12.8 Å². The van der Waals surface area contributed by atoms with Crippen LogP contribution in [0.5, 0.6) is 0 Å². The average Bonchev–Trinajstić information content (AvgIpc) is 2.42. The van der Waals surface area contributed by atoms with E-state index < -0.39 is 0 Å². The second-order valence-corrected chi connectivity index (χ2v) is 5.36. The summed E-state index contributed by atoms with van der Waals surface area (Å²) in [4.78, 5) is 16.8. The Bertz CT molecular complexity index is 279. The average molecular weight is 255 g/mol. The van der Waals surface area contributed by atoms with E-state index in [1.54, 1.807) is 0 Å². The van der Waals surface area contributed by atoms with Crippen molar-refractivity contribution in [3.8, 4) is 0 Å². The zero-order chi connectivity index (χ0) is 13.0. The molecule has 0 aromatic heterocycles. The summed E-state index contributed by atoms with van der Waals surface area (Å²) in [5, 5.41) is 3.21. The van der Waals surface area contributed by atoms with Crippen molar-refractivity contribution in [3.05, 3.63) is 0 Å². The summed E-state index contributed by atoms with van der Waals surface area (Å²) in [5.41, 5.74) is 0. The molecule has 104 valence electrons. The van der Waals surface area contributed by atoms with Crippen LogP contribution in [0.25, 0.3) is 0 Å². The van der Waals surface area contributed by atoms with Crippen molar-refractivity contribution in [2.24, 2.45) is 5.92 Å². The molecular formula is C13H25N3O2. The molecule has 1 unspecified atom stereocenters. The lowest BCUT2D eigenvalue weighted by molar-refractivity contribution is -0.141. The van der Waals surface area contributed by atoms with E-state index in [0.717, 1.165) is 52.2 Å². The van der Waals surface area contributed by atoms with Crippen LogP contribution >= 0.6 is 0 Å². The number of likely N-dealkylation sites (N-methyl/N-ethyl adjacent to an activating group) is 2. The first kappa shape index (κ1) is 13.8. The van der Waals surface area contributed by atoms with Crippen LogP contribution in [0.3, 0.4) is 0 Å². The number of hydrogen-bond acceptors (Lipinski definition) is 4. The van der Waals surface area contributed by atoms with E-state index in [1.807, 2.05) is 7.05 Å². The van der Waals surface area contributed by atoms with Gasteiger partial charge in [-0.15, -0.1) is 0 Å². The molecular weight excluding hydrogens is 230 g/mol. The molecule has 2 rings (SSSR count). The molecule has 5 heteroatoms. The van der Waals surface area contributed by atoms with Gasteiger partial charge in [0.05, 0.1) is 0 Å². The second-order valence-electron chi connectivity index (χ2n) is 5.36. The largest absolute Gasteiger partial charge is 0.381 e. The molecule has 0 aromatic rings. The maximum atomic E-state index is 12.4. The zero-order valence-electron chi connectivity index (χ0n) is 11.5. The smallest absolute Gasteiger partial charge is 0.225 e. The molecule has 5 nitrogen and oxygen atoms in total. The van der Waals surface area contributed by atoms with Gasteiger partial charge >= 0.3 is 0 Å². The minimum atomic E-state index is 0.192. The maximum absolute atomic E-state index is 12.4. The molecule has 2 heterocycles. The lowest BCUT2D eigenvalue weighted by Gasteiger charge is -2.41. The molecule has 1 atom stereocenters. The molecule has 0 aliphatic carbocycles. The Morgan fingerprint density at radius 3 is 2.72 bits per heavy atom. The van der Waals surface area contributed by atoms with Crippen molar-refractivity contribution in [1.82, 2.24) is 15.1 Å². The van der Waals surface area contributed by atoms with Gasteiger partial charge in [0, 0.05) is 51.4 Å². The third kappa shape index (κ3) is 3.22. The van der Waals surface area contributed by atoms with Crippen molar-refractivity contribution in [2.45, 2.75) is 18.9 Å². The van der Waals surface area contributed by atoms with E-state index in [4.69, 9.17) is 4.74 Å². The highest BCUT2D eigenvalue weighted by Crippen LogP contribution is 2.19. The number of amides is 1. The number of hydrogen-bond donors (Lipinski definition) is 1. The highest BCUT2D eigenvalue weighted by atomic mass is 16.5. The first-order valence-corrected chi connectivity index (χ1v) is 6.93. The van der Waals surface area contributed by atoms with Crippen LogP contribution in [0.2, 0.25) is 0 Å². The number of rotatable bonds is 3. The highest BCUT2D eigenvalue weighted by molar-refractivity contribution is 5.79. The van der Waals surface area contributed by atoms with Gasteiger partial charge in [-0.05, 0) is 26.9 Å². The normalized spacial score (nSPS) is 27.4. The molecule has 2 aliphatic heterocycles. The van der Waals surface area contributed by atoms with Crippen LogP contribution < -0.4 is 5.32 Å². The Kier molecular flexibility index (Phi) is 4.97. The van der Waals surface area contributed by atoms with Gasteiger partial charge in [-0.3, -0.25) is 9.69 Å². The Balaban J connectivity index is 1.89. The number of carbonyl (C=O) groups is 1. The fraction of sp³-hybridized carbons (Fsp3) is 0.923. The Morgan fingerprint density at radius 1 is 1.33 bits per heavy atom. The maximum Gasteiger partial charge on any atom is 0.225 e. The van der Waals surface area contributed by atoms with E-state index >= 15 is 0 Å². The van der Waals surface area contributed by atoms with Gasteiger partial charge in [0.15, 0.2) is 0 Å². The number of piperazine rings is 1. The van der Waals surface area contributed by atoms with Crippen LogP contribution in [-0.4, -0.2) is 75.2 Å². The number of ether oxygens (including phenoxy) is 1. The summed E-state index contributed by atoms with van der Waals surface area (Å²) in [6.07, 6.45) is 1.78. The Morgan fingerprint density at radius 2 is 2.06 bits per heavy atom. The summed E-state index contributed by atoms with van der Waals surface area (Å²) in [6.45, 7) is 5.12. The number of nitrogens with one attached hydrogen (secondary N) is 1. The molecule has 2 fully saturated rings. The van der Waals surface area contributed by atoms with Crippen molar-refractivity contribution >= 4 is 5.91 Å². The first-order chi connectivity index (χ1) is 8.72. The standard InChI is InChI=1S/C13H25N3O2/c1-14-9-12-10-16(6-5-15(12)2)13(17)11-3-7-18-8-4-11/h11-12,14H,3-10H2,1-2H3. The molecule has 1 N–H and O–H groups in total. The molecule has 2 aliphatic rings. The summed E-state index contributed by atoms with van der Waals surface area (Å²) >= 11 is 0. The molecule has 0 aromatic carbocycles. The lowest BCUT2D eigenvalue weighted by Crippen LogP contribution is -2.57. The van der Waals surface area contributed by atoms with E-state index in [2.05, 4.69) is 22.2 Å². The number of carbonyl (C=O) groups excluding carboxylic acids is 1. The molecule has 18 heavy (non-hydrogen) atoms. The monoisotopic (exact) mass is 255 g/mol. The van der Waals surface area contributed by atoms with E-state index in [9.17, 15) is 4.79 Å². The quantitative estimate of drug-likeness (QED) is 0.757. The summed E-state index contributed by atoms with van der Waals surface area (Å²) in [5.74, 6) is 0.532. The van der Waals surface area contributed by atoms with Crippen molar-refractivity contribution in [2.75, 3.05) is 53.5 Å². The predicted octanol–water partition coefficient (Wildman–Crippen LogP) is -0.225. The van der Waals surface area contributed by atoms with Gasteiger partial charge in [0.1, 0.15) is 0 Å². The summed E-state index contributed by atoms with van der Waals surface area (Å²) in [7, 11) is 4.10. The van der Waals surface area contributed by atoms with Crippen molar-refractivity contribution in [1.29, 1.82) is 0 Å². The van der Waals surface area contributed by atoms with Gasteiger partial charge in [-0.1, -0.05) is 0 Å². The molecule has 0 saturated carbocycles. The minimum absolute atomic E-state index is 0.192. The van der Waals surface area contributed by atoms with E-state index in [-0.39, 0.29) is 5.92 Å². The molecule has 0 radical (unpaired) electrons. The van der Waals surface area contributed by atoms with Gasteiger partial charge in [0.25, 0.3) is 0 Å². The van der Waals surface area contributed by atoms with Gasteiger partial charge < -0.3 is 15.0 Å². The van der Waals surface area contributed by atoms with Crippen molar-refractivity contribution in [3.63, 3.8) is 0 Å². The zero-order valence-corrected chi connectivity index (χ0v) is 11.5. The van der Waals surface area contributed by atoms with E-state index in [0.29, 0.717) is 11.9 Å². The lowest BCUT2D eigenvalue weighted by atomic mass is 9.97. The molecule has 1 amide bonds. The van der Waals surface area contributed by atoms with Crippen molar-refractivity contribution < 1.29 is 9.53 Å². The van der Waals surface area contributed by atoms with Crippen LogP contribution in [-0.2, 0) is 9.53 Å². The van der Waals surface area contributed by atoms with Gasteiger partial charge in [0.2, 0.25) is 5.91 Å². The third-order valence-electron chi connectivity index (χ3n) is 4.10. The van der Waals surface area contributed by atoms with E-state index in [1.165, 1.54) is 0 Å². The van der Waals surface area contributed by atoms with Crippen LogP contribution in [0, 0.1) is 5.92 Å². The Hall–Kier alpha value is -0.650. The topological polar surface area (TPSA) is 44.8 Å². The second kappa shape index (κ2) is 6.50. The Labute approximate surface area is 109 Å². The van der Waals surface area contributed by atoms with Gasteiger partial charge in [-0.25, -0.2) is 0 Å². The van der Waals surface area contributed by atoms with Gasteiger partial charge in [-0.2, -0.15) is 0 Å². The molecule has 0 bridgehead atoms. The van der Waals surface area contributed by atoms with Crippen LogP contribution in [0.15, 0.2) is 0 Å². The SMILES string of the molecule is CNCC1CN(C(=O)C2CCOCC2)CCN1C. The summed E-state index contributed by atoms with van der Waals surface area (Å²) < 4.78 is 5.32. The highest BCUT2D eigenvalue weighted by Gasteiger charge is 2.31. The predicted molar refractivity (Wildman–Crippen MR) is 70.5 cm³/mol. The summed E-state index contributed by atoms with van der Waals surface area (Å²) in [6, 6.07) is 0.438. The molecule has 2 saturated heterocycles. The third-order valence-corrected chi connectivity index (χ3v) is 4.10. The first-order valence-electron chi connectivity index (χ1n) is 6.93. The number of nitrogens with zero attached hydrogens (tertiary/aromatic N) is 2. The van der Waals surface area contributed by atoms with Crippen LogP contribution in [0.4, 0.5) is 0 Å². The fourth-order valence-corrected chi connectivity index (χ4v) is 2.80. The molecule has 0 spiro atoms. The fourth-order valence-electron chi connectivity index (χ4n) is 2.80.